The molecule has 0 radical (unpaired) electrons. The highest BCUT2D eigenvalue weighted by Gasteiger charge is 2.21. The van der Waals surface area contributed by atoms with Gasteiger partial charge in [-0.1, -0.05) is 0 Å². The van der Waals surface area contributed by atoms with E-state index < -0.39 is 8.25 Å². The third kappa shape index (κ3) is 6.43. The van der Waals surface area contributed by atoms with E-state index in [1.807, 2.05) is 0 Å². The van der Waals surface area contributed by atoms with Gasteiger partial charge in [0.1, 0.15) is 12.7 Å². The number of halogens is 1. The molecule has 5 heteroatoms. The first kappa shape index (κ1) is 10.3. The smallest absolute Gasteiger partial charge is 0.124 e. The first-order valence-electron chi connectivity index (χ1n) is 2.99. The van der Waals surface area contributed by atoms with Gasteiger partial charge in [-0.25, -0.2) is 0 Å². The summed E-state index contributed by atoms with van der Waals surface area (Å²) in [6, 6.07) is 0. The molecule has 0 N–H and O–H groups in total. The Morgan fingerprint density at radius 2 is 2.20 bits per heavy atom. The van der Waals surface area contributed by atoms with Crippen molar-refractivity contribution in [1.29, 1.82) is 0 Å². The zero-order valence-electron chi connectivity index (χ0n) is 6.04. The number of hydrogen-bond donors (Lipinski definition) is 0. The molecule has 0 aromatic heterocycles. The molecule has 0 saturated carbocycles. The molecule has 60 valence electrons. The molecule has 0 aliphatic carbocycles. The molecule has 0 rings (SSSR count). The molecular weight excluding hydrogens is 174 g/mol. The van der Waals surface area contributed by atoms with E-state index in [0.29, 0.717) is 5.88 Å². The van der Waals surface area contributed by atoms with Crippen molar-refractivity contribution >= 4 is 19.9 Å². The quantitative estimate of drug-likeness (QED) is 0.487. The topological polar surface area (TPSA) is 35.5 Å². The molecule has 0 aromatic rings. The van der Waals surface area contributed by atoms with Crippen LogP contribution in [0.25, 0.3) is 0 Å². The van der Waals surface area contributed by atoms with E-state index in [1.165, 1.54) is 0 Å². The Balaban J connectivity index is 3.26. The van der Waals surface area contributed by atoms with Crippen LogP contribution in [0.3, 0.4) is 0 Å². The normalized spacial score (nSPS) is 12.2. The van der Waals surface area contributed by atoms with Crippen molar-refractivity contribution in [2.75, 3.05) is 12.5 Å². The van der Waals surface area contributed by atoms with Gasteiger partial charge in [0.05, 0.1) is 5.88 Å². The minimum atomic E-state index is -1.96. The van der Waals surface area contributed by atoms with Gasteiger partial charge in [0.25, 0.3) is 0 Å². The lowest BCUT2D eigenvalue weighted by Gasteiger charge is -1.90. The Bertz CT molecular complexity index is 107. The molecule has 0 saturated heterocycles. The number of hydrogen-bond acceptors (Lipinski definition) is 3. The minimum Gasteiger partial charge on any atom is -0.124 e. The Morgan fingerprint density at radius 1 is 1.60 bits per heavy atom. The van der Waals surface area contributed by atoms with Gasteiger partial charge in [-0.3, -0.25) is 0 Å². The summed E-state index contributed by atoms with van der Waals surface area (Å²) >= 11 is 5.27. The van der Waals surface area contributed by atoms with Crippen LogP contribution in [0, 0.1) is 0 Å². The van der Waals surface area contributed by atoms with E-state index in [1.54, 1.807) is 13.8 Å². The maximum absolute atomic E-state index is 10.7. The zero-order chi connectivity index (χ0) is 7.98. The second-order valence-electron chi connectivity index (χ2n) is 1.90. The standard InChI is InChI=1S/C5H11ClO3P/c1-5(2)9-10(7)8-4-3-6/h5H,3-4H2,1-2H3/q+1. The zero-order valence-corrected chi connectivity index (χ0v) is 7.69. The van der Waals surface area contributed by atoms with Crippen molar-refractivity contribution < 1.29 is 13.6 Å². The molecule has 0 fully saturated rings. The van der Waals surface area contributed by atoms with Crippen molar-refractivity contribution in [3.63, 3.8) is 0 Å². The first-order chi connectivity index (χ1) is 4.66. The highest BCUT2D eigenvalue weighted by molar-refractivity contribution is 7.33. The highest BCUT2D eigenvalue weighted by atomic mass is 35.5. The molecule has 0 aliphatic heterocycles. The predicted octanol–water partition coefficient (Wildman–Crippen LogP) is 2.32. The van der Waals surface area contributed by atoms with Gasteiger partial charge in [-0.15, -0.1) is 20.6 Å². The van der Waals surface area contributed by atoms with Gasteiger partial charge in [-0.2, -0.15) is 0 Å². The summed E-state index contributed by atoms with van der Waals surface area (Å²) < 4.78 is 20.1. The lowest BCUT2D eigenvalue weighted by atomic mass is 10.5. The molecule has 0 amide bonds. The maximum Gasteiger partial charge on any atom is 0.697 e. The lowest BCUT2D eigenvalue weighted by molar-refractivity contribution is 0.193. The van der Waals surface area contributed by atoms with E-state index in [4.69, 9.17) is 16.1 Å². The van der Waals surface area contributed by atoms with Crippen molar-refractivity contribution in [2.45, 2.75) is 20.0 Å². The van der Waals surface area contributed by atoms with Crippen molar-refractivity contribution in [1.82, 2.24) is 0 Å². The summed E-state index contributed by atoms with van der Waals surface area (Å²) in [4.78, 5) is 0. The van der Waals surface area contributed by atoms with Gasteiger partial charge < -0.3 is 0 Å². The molecule has 1 atom stereocenters. The Labute approximate surface area is 66.6 Å². The van der Waals surface area contributed by atoms with E-state index in [0.717, 1.165) is 0 Å². The molecule has 0 heterocycles. The third-order valence-electron chi connectivity index (χ3n) is 0.571. The summed E-state index contributed by atoms with van der Waals surface area (Å²) in [5, 5.41) is 0. The monoisotopic (exact) mass is 185 g/mol. The van der Waals surface area contributed by atoms with Crippen LogP contribution in [-0.2, 0) is 13.6 Å². The van der Waals surface area contributed by atoms with Crippen molar-refractivity contribution in [3.8, 4) is 0 Å². The average molecular weight is 186 g/mol. The van der Waals surface area contributed by atoms with Crippen LogP contribution in [0.15, 0.2) is 0 Å². The molecule has 1 unspecified atom stereocenters. The van der Waals surface area contributed by atoms with Gasteiger partial charge in [0.2, 0.25) is 0 Å². The summed E-state index contributed by atoms with van der Waals surface area (Å²) in [6.07, 6.45) is -0.0704. The Morgan fingerprint density at radius 3 is 2.60 bits per heavy atom. The van der Waals surface area contributed by atoms with Gasteiger partial charge in [-0.05, 0) is 13.8 Å². The fourth-order valence-corrected chi connectivity index (χ4v) is 1.14. The van der Waals surface area contributed by atoms with Crippen LogP contribution in [0.1, 0.15) is 13.8 Å². The van der Waals surface area contributed by atoms with E-state index >= 15 is 0 Å². The fraction of sp³-hybridized carbons (Fsp3) is 1.00. The van der Waals surface area contributed by atoms with Crippen LogP contribution >= 0.6 is 19.9 Å². The second kappa shape index (κ2) is 6.05. The lowest BCUT2D eigenvalue weighted by Crippen LogP contribution is -1.97. The molecule has 3 nitrogen and oxygen atoms in total. The van der Waals surface area contributed by atoms with Crippen LogP contribution in [-0.4, -0.2) is 18.6 Å². The average Bonchev–Trinajstić information content (AvgIpc) is 1.82. The molecular formula is C5H11ClO3P+. The molecule has 10 heavy (non-hydrogen) atoms. The Hall–Kier alpha value is 0.310. The van der Waals surface area contributed by atoms with Crippen LogP contribution in [0.4, 0.5) is 0 Å². The fourth-order valence-electron chi connectivity index (χ4n) is 0.312. The predicted molar refractivity (Wildman–Crippen MR) is 40.5 cm³/mol. The van der Waals surface area contributed by atoms with Crippen LogP contribution < -0.4 is 0 Å². The van der Waals surface area contributed by atoms with Crippen molar-refractivity contribution in [2.24, 2.45) is 0 Å². The SMILES string of the molecule is CC(C)O[P+](=O)OCCCl. The molecule has 0 bridgehead atoms. The summed E-state index contributed by atoms with van der Waals surface area (Å²) in [7, 11) is -1.96. The van der Waals surface area contributed by atoms with E-state index in [-0.39, 0.29) is 12.7 Å². The molecule has 0 aliphatic rings. The minimum absolute atomic E-state index is 0.0704. The summed E-state index contributed by atoms with van der Waals surface area (Å²) in [5.41, 5.74) is 0. The number of rotatable bonds is 5. The van der Waals surface area contributed by atoms with Crippen LogP contribution in [0.5, 0.6) is 0 Å². The maximum atomic E-state index is 10.7. The van der Waals surface area contributed by atoms with Gasteiger partial charge in [0.15, 0.2) is 0 Å². The highest BCUT2D eigenvalue weighted by Crippen LogP contribution is 2.25. The number of alkyl halides is 1. The molecule has 0 aromatic carbocycles. The van der Waals surface area contributed by atoms with Gasteiger partial charge >= 0.3 is 8.25 Å². The Kier molecular flexibility index (Phi) is 6.24. The van der Waals surface area contributed by atoms with E-state index in [9.17, 15) is 4.57 Å². The van der Waals surface area contributed by atoms with Crippen LogP contribution in [0.2, 0.25) is 0 Å². The summed E-state index contributed by atoms with van der Waals surface area (Å²) in [6.45, 7) is 3.85. The third-order valence-corrected chi connectivity index (χ3v) is 1.71. The first-order valence-corrected chi connectivity index (χ1v) is 4.62. The molecule has 0 spiro atoms. The summed E-state index contributed by atoms with van der Waals surface area (Å²) in [5.74, 6) is 0.336. The van der Waals surface area contributed by atoms with Gasteiger partial charge in [0, 0.05) is 4.57 Å². The second-order valence-corrected chi connectivity index (χ2v) is 3.19. The van der Waals surface area contributed by atoms with E-state index in [2.05, 4.69) is 4.52 Å². The largest absolute Gasteiger partial charge is 0.697 e. The van der Waals surface area contributed by atoms with Crippen molar-refractivity contribution in [3.05, 3.63) is 0 Å².